The first-order valence-electron chi connectivity index (χ1n) is 7.27. The van der Waals surface area contributed by atoms with Crippen molar-refractivity contribution in [3.05, 3.63) is 78.9 Å². The molecule has 2 aromatic carbocycles. The summed E-state index contributed by atoms with van der Waals surface area (Å²) in [5.74, 6) is -1.19. The summed E-state index contributed by atoms with van der Waals surface area (Å²) in [7, 11) is 0. The van der Waals surface area contributed by atoms with Gasteiger partial charge in [0.25, 0.3) is 5.56 Å². The second kappa shape index (κ2) is 6.74. The maximum Gasteiger partial charge on any atom is 0.332 e. The first kappa shape index (κ1) is 17.3. The monoisotopic (exact) mass is 378 g/mol. The maximum atomic E-state index is 12.7. The Labute approximate surface area is 151 Å². The van der Waals surface area contributed by atoms with E-state index >= 15 is 0 Å². The van der Waals surface area contributed by atoms with E-state index in [9.17, 15) is 14.4 Å². The first-order valence-corrected chi connectivity index (χ1v) is 8.03. The zero-order valence-electron chi connectivity index (χ0n) is 12.8. The predicted octanol–water partition coefficient (Wildman–Crippen LogP) is 2.60. The number of halogens is 2. The Morgan fingerprint density at radius 2 is 1.60 bits per heavy atom. The molecule has 1 N–H and O–H groups in total. The van der Waals surface area contributed by atoms with Crippen molar-refractivity contribution in [1.82, 2.24) is 9.13 Å². The highest BCUT2D eigenvalue weighted by Crippen LogP contribution is 2.24. The molecule has 0 saturated carbocycles. The molecule has 1 aromatic heterocycles. The number of fused-ring (bicyclic) bond motifs is 1. The predicted molar refractivity (Wildman–Crippen MR) is 95.7 cm³/mol. The molecule has 0 spiro atoms. The molecule has 0 radical (unpaired) electrons. The summed E-state index contributed by atoms with van der Waals surface area (Å²) in [5.41, 5.74) is -0.580. The van der Waals surface area contributed by atoms with E-state index in [-0.39, 0.29) is 17.4 Å². The van der Waals surface area contributed by atoms with Crippen LogP contribution in [0.2, 0.25) is 10.0 Å². The van der Waals surface area contributed by atoms with Gasteiger partial charge in [-0.2, -0.15) is 0 Å². The Morgan fingerprint density at radius 3 is 2.24 bits per heavy atom. The summed E-state index contributed by atoms with van der Waals surface area (Å²) in [6.07, 6.45) is 0. The normalized spacial score (nSPS) is 11.0. The Bertz CT molecular complexity index is 1080. The molecule has 128 valence electrons. The molecule has 0 amide bonds. The van der Waals surface area contributed by atoms with Gasteiger partial charge >= 0.3 is 11.7 Å². The molecule has 0 bridgehead atoms. The van der Waals surface area contributed by atoms with Crippen molar-refractivity contribution in [1.29, 1.82) is 0 Å². The van der Waals surface area contributed by atoms with Gasteiger partial charge in [-0.15, -0.1) is 0 Å². The minimum absolute atomic E-state index is 0.152. The Hall–Kier alpha value is -2.57. The van der Waals surface area contributed by atoms with Crippen LogP contribution in [0, 0.1) is 0 Å². The Kier molecular flexibility index (Phi) is 4.65. The van der Waals surface area contributed by atoms with Crippen molar-refractivity contribution >= 4 is 40.1 Å². The molecule has 0 saturated heterocycles. The number of carboxylic acid groups (broad SMARTS) is 1. The van der Waals surface area contributed by atoms with Crippen LogP contribution in [0.15, 0.2) is 52.1 Å². The van der Waals surface area contributed by atoms with Crippen molar-refractivity contribution in [3.63, 3.8) is 0 Å². The Morgan fingerprint density at radius 1 is 0.960 bits per heavy atom. The van der Waals surface area contributed by atoms with Gasteiger partial charge in [-0.05, 0) is 24.3 Å². The summed E-state index contributed by atoms with van der Waals surface area (Å²) < 4.78 is 1.99. The molecule has 0 aliphatic rings. The number of benzene rings is 2. The molecule has 6 nitrogen and oxygen atoms in total. The summed E-state index contributed by atoms with van der Waals surface area (Å²) in [5, 5.41) is 9.97. The number of aromatic nitrogens is 2. The average Bonchev–Trinajstić information content (AvgIpc) is 2.57. The van der Waals surface area contributed by atoms with E-state index in [0.717, 1.165) is 9.13 Å². The lowest BCUT2D eigenvalue weighted by Crippen LogP contribution is -2.41. The van der Waals surface area contributed by atoms with Gasteiger partial charge in [-0.1, -0.05) is 41.4 Å². The minimum Gasteiger partial charge on any atom is -0.480 e. The van der Waals surface area contributed by atoms with Crippen LogP contribution < -0.4 is 11.2 Å². The lowest BCUT2D eigenvalue weighted by molar-refractivity contribution is -0.137. The zero-order chi connectivity index (χ0) is 18.1. The molecule has 0 unspecified atom stereocenters. The molecule has 25 heavy (non-hydrogen) atoms. The van der Waals surface area contributed by atoms with Crippen molar-refractivity contribution in [2.24, 2.45) is 0 Å². The lowest BCUT2D eigenvalue weighted by Gasteiger charge is -2.14. The van der Waals surface area contributed by atoms with E-state index in [0.29, 0.717) is 15.6 Å². The van der Waals surface area contributed by atoms with Crippen LogP contribution in [-0.2, 0) is 17.9 Å². The summed E-state index contributed by atoms with van der Waals surface area (Å²) in [4.78, 5) is 36.6. The number of hydrogen-bond acceptors (Lipinski definition) is 3. The third kappa shape index (κ3) is 3.18. The van der Waals surface area contributed by atoms with E-state index < -0.39 is 23.8 Å². The van der Waals surface area contributed by atoms with Crippen LogP contribution in [0.3, 0.4) is 0 Å². The quantitative estimate of drug-likeness (QED) is 0.756. The highest BCUT2D eigenvalue weighted by Gasteiger charge is 2.16. The van der Waals surface area contributed by atoms with Gasteiger partial charge in [0.05, 0.1) is 17.4 Å². The van der Waals surface area contributed by atoms with Gasteiger partial charge in [0.15, 0.2) is 0 Å². The molecule has 3 rings (SSSR count). The topological polar surface area (TPSA) is 81.3 Å². The van der Waals surface area contributed by atoms with Gasteiger partial charge in [-0.3, -0.25) is 18.7 Å². The highest BCUT2D eigenvalue weighted by molar-refractivity contribution is 6.35. The van der Waals surface area contributed by atoms with Gasteiger partial charge < -0.3 is 5.11 Å². The average molecular weight is 379 g/mol. The molecule has 0 aliphatic heterocycles. The van der Waals surface area contributed by atoms with Gasteiger partial charge in [0, 0.05) is 15.6 Å². The fraction of sp³-hybridized carbons (Fsp3) is 0.118. The maximum absolute atomic E-state index is 12.7. The fourth-order valence-corrected chi connectivity index (χ4v) is 3.16. The lowest BCUT2D eigenvalue weighted by atomic mass is 10.2. The number of carbonyl (C=O) groups is 1. The van der Waals surface area contributed by atoms with E-state index in [1.54, 1.807) is 36.4 Å². The van der Waals surface area contributed by atoms with Crippen molar-refractivity contribution in [2.45, 2.75) is 13.1 Å². The van der Waals surface area contributed by atoms with Gasteiger partial charge in [0.2, 0.25) is 0 Å². The number of para-hydroxylation sites is 1. The number of carboxylic acids is 1. The Balaban J connectivity index is 2.30. The molecule has 0 atom stereocenters. The third-order valence-corrected chi connectivity index (χ3v) is 4.51. The van der Waals surface area contributed by atoms with Crippen molar-refractivity contribution in [2.75, 3.05) is 0 Å². The molecule has 1 heterocycles. The van der Waals surface area contributed by atoms with Crippen LogP contribution >= 0.6 is 23.2 Å². The molecular formula is C17H12Cl2N2O4. The molecule has 0 fully saturated rings. The standard InChI is InChI=1S/C17H12Cl2N2O4/c18-12-5-3-6-13(19)11(12)8-21-16(24)10-4-1-2-7-14(10)20(17(21)25)9-15(22)23/h1-7H,8-9H2,(H,22,23). The van der Waals surface area contributed by atoms with E-state index in [4.69, 9.17) is 28.3 Å². The summed E-state index contributed by atoms with van der Waals surface area (Å²) >= 11 is 12.2. The second-order valence-corrected chi connectivity index (χ2v) is 6.19. The van der Waals surface area contributed by atoms with Gasteiger partial charge in [-0.25, -0.2) is 4.79 Å². The number of aliphatic carboxylic acids is 1. The van der Waals surface area contributed by atoms with Crippen LogP contribution in [0.25, 0.3) is 10.9 Å². The molecule has 8 heteroatoms. The molecular weight excluding hydrogens is 367 g/mol. The largest absolute Gasteiger partial charge is 0.480 e. The smallest absolute Gasteiger partial charge is 0.332 e. The summed E-state index contributed by atoms with van der Waals surface area (Å²) in [6.45, 7) is -0.712. The van der Waals surface area contributed by atoms with Crippen LogP contribution in [0.1, 0.15) is 5.56 Å². The second-order valence-electron chi connectivity index (χ2n) is 5.37. The fourth-order valence-electron chi connectivity index (χ4n) is 2.64. The number of nitrogens with zero attached hydrogens (tertiary/aromatic N) is 2. The minimum atomic E-state index is -1.19. The van der Waals surface area contributed by atoms with Crippen LogP contribution in [0.5, 0.6) is 0 Å². The van der Waals surface area contributed by atoms with E-state index in [2.05, 4.69) is 0 Å². The number of hydrogen-bond donors (Lipinski definition) is 1. The van der Waals surface area contributed by atoms with Crippen molar-refractivity contribution < 1.29 is 9.90 Å². The first-order chi connectivity index (χ1) is 11.9. The molecule has 0 aliphatic carbocycles. The summed E-state index contributed by atoms with van der Waals surface area (Å²) in [6, 6.07) is 11.2. The SMILES string of the molecule is O=C(O)Cn1c(=O)n(Cc2c(Cl)cccc2Cl)c(=O)c2ccccc21. The van der Waals surface area contributed by atoms with Gasteiger partial charge in [0.1, 0.15) is 6.54 Å². The highest BCUT2D eigenvalue weighted by atomic mass is 35.5. The zero-order valence-corrected chi connectivity index (χ0v) is 14.3. The van der Waals surface area contributed by atoms with Crippen molar-refractivity contribution in [3.8, 4) is 0 Å². The van der Waals surface area contributed by atoms with Crippen LogP contribution in [-0.4, -0.2) is 20.2 Å². The molecule has 3 aromatic rings. The van der Waals surface area contributed by atoms with E-state index in [1.165, 1.54) is 6.07 Å². The number of rotatable bonds is 4. The third-order valence-electron chi connectivity index (χ3n) is 3.80. The van der Waals surface area contributed by atoms with E-state index in [1.807, 2.05) is 0 Å². The van der Waals surface area contributed by atoms with Crippen LogP contribution in [0.4, 0.5) is 0 Å².